The van der Waals surface area contributed by atoms with Crippen molar-refractivity contribution in [3.8, 4) is 11.1 Å². The summed E-state index contributed by atoms with van der Waals surface area (Å²) >= 11 is 7.55. The molecule has 0 amide bonds. The molecule has 1 aliphatic rings. The second-order valence-electron chi connectivity index (χ2n) is 8.18. The molecule has 0 aromatic heterocycles. The van der Waals surface area contributed by atoms with E-state index < -0.39 is 0 Å². The molecule has 0 nitrogen and oxygen atoms in total. The minimum atomic E-state index is 0.532. The fourth-order valence-corrected chi connectivity index (χ4v) is 4.90. The van der Waals surface area contributed by atoms with E-state index in [1.807, 2.05) is 0 Å². The first-order valence-corrected chi connectivity index (χ1v) is 11.1. The SMILES string of the molecule is CC(C)CCc1c(Br)ccc2c1C(CCC(C)C)c1cc(Br)ccc1-2. The normalized spacial score (nSPS) is 15.8. The fourth-order valence-electron chi connectivity index (χ4n) is 3.98. The van der Waals surface area contributed by atoms with Crippen molar-refractivity contribution in [2.45, 2.75) is 59.3 Å². The highest BCUT2D eigenvalue weighted by atomic mass is 79.9. The quantitative estimate of drug-likeness (QED) is 0.403. The molecule has 2 aromatic carbocycles. The molecule has 3 rings (SSSR count). The Morgan fingerprint density at radius 1 is 0.880 bits per heavy atom. The molecule has 2 aromatic rings. The molecule has 0 fully saturated rings. The minimum absolute atomic E-state index is 0.532. The Balaban J connectivity index is 2.10. The van der Waals surface area contributed by atoms with Gasteiger partial charge < -0.3 is 0 Å². The molecule has 1 aliphatic carbocycles. The van der Waals surface area contributed by atoms with Crippen molar-refractivity contribution in [3.05, 3.63) is 56.0 Å². The zero-order chi connectivity index (χ0) is 18.1. The third-order valence-electron chi connectivity index (χ3n) is 5.33. The van der Waals surface area contributed by atoms with Gasteiger partial charge >= 0.3 is 0 Å². The van der Waals surface area contributed by atoms with Gasteiger partial charge in [0, 0.05) is 14.9 Å². The van der Waals surface area contributed by atoms with Gasteiger partial charge in [0.05, 0.1) is 0 Å². The van der Waals surface area contributed by atoms with Gasteiger partial charge in [-0.15, -0.1) is 0 Å². The summed E-state index contributed by atoms with van der Waals surface area (Å²) in [6.45, 7) is 9.30. The molecule has 2 heteroatoms. The number of hydrogen-bond donors (Lipinski definition) is 0. The van der Waals surface area contributed by atoms with Gasteiger partial charge in [-0.1, -0.05) is 78.1 Å². The summed E-state index contributed by atoms with van der Waals surface area (Å²) < 4.78 is 2.48. The van der Waals surface area contributed by atoms with Crippen LogP contribution in [-0.2, 0) is 6.42 Å². The minimum Gasteiger partial charge on any atom is -0.0628 e. The van der Waals surface area contributed by atoms with Crippen LogP contribution in [0.2, 0.25) is 0 Å². The molecule has 1 atom stereocenters. The van der Waals surface area contributed by atoms with Crippen molar-refractivity contribution < 1.29 is 0 Å². The lowest BCUT2D eigenvalue weighted by Gasteiger charge is -2.20. The maximum atomic E-state index is 3.86. The molecule has 0 radical (unpaired) electrons. The van der Waals surface area contributed by atoms with Gasteiger partial charge in [-0.3, -0.25) is 0 Å². The predicted octanol–water partition coefficient (Wildman–Crippen LogP) is 8.35. The topological polar surface area (TPSA) is 0 Å². The Bertz CT molecular complexity index is 759. The van der Waals surface area contributed by atoms with Crippen molar-refractivity contribution in [2.75, 3.05) is 0 Å². The van der Waals surface area contributed by atoms with Gasteiger partial charge in [0.25, 0.3) is 0 Å². The first-order chi connectivity index (χ1) is 11.9. The van der Waals surface area contributed by atoms with E-state index in [1.54, 1.807) is 5.56 Å². The maximum Gasteiger partial charge on any atom is 0.0210 e. The average molecular weight is 464 g/mol. The maximum absolute atomic E-state index is 3.86. The zero-order valence-electron chi connectivity index (χ0n) is 15.7. The van der Waals surface area contributed by atoms with E-state index in [1.165, 1.54) is 50.5 Å². The highest BCUT2D eigenvalue weighted by molar-refractivity contribution is 9.10. The van der Waals surface area contributed by atoms with Crippen LogP contribution in [-0.4, -0.2) is 0 Å². The molecule has 0 spiro atoms. The van der Waals surface area contributed by atoms with E-state index in [2.05, 4.69) is 89.9 Å². The van der Waals surface area contributed by atoms with Crippen LogP contribution >= 0.6 is 31.9 Å². The van der Waals surface area contributed by atoms with E-state index in [-0.39, 0.29) is 0 Å². The van der Waals surface area contributed by atoms with E-state index in [0.29, 0.717) is 5.92 Å². The van der Waals surface area contributed by atoms with E-state index in [0.717, 1.165) is 18.3 Å². The van der Waals surface area contributed by atoms with Gasteiger partial charge in [0.1, 0.15) is 0 Å². The molecule has 0 saturated carbocycles. The molecule has 0 N–H and O–H groups in total. The van der Waals surface area contributed by atoms with E-state index >= 15 is 0 Å². The van der Waals surface area contributed by atoms with Gasteiger partial charge in [0.15, 0.2) is 0 Å². The Kier molecular flexibility index (Phi) is 6.11. The summed E-state index contributed by atoms with van der Waals surface area (Å²) in [6, 6.07) is 11.4. The number of fused-ring (bicyclic) bond motifs is 3. The monoisotopic (exact) mass is 462 g/mol. The molecule has 0 saturated heterocycles. The lowest BCUT2D eigenvalue weighted by atomic mass is 9.85. The first kappa shape index (κ1) is 19.2. The fraction of sp³-hybridized carbons (Fsp3) is 0.478. The molecule has 134 valence electrons. The van der Waals surface area contributed by atoms with Crippen molar-refractivity contribution >= 4 is 31.9 Å². The van der Waals surface area contributed by atoms with Crippen LogP contribution in [0.1, 0.15) is 69.6 Å². The summed E-state index contributed by atoms with van der Waals surface area (Å²) in [6.07, 6.45) is 4.91. The van der Waals surface area contributed by atoms with Gasteiger partial charge in [-0.2, -0.15) is 0 Å². The van der Waals surface area contributed by atoms with E-state index in [9.17, 15) is 0 Å². The van der Waals surface area contributed by atoms with Gasteiger partial charge in [-0.05, 0) is 77.1 Å². The van der Waals surface area contributed by atoms with Gasteiger partial charge in [-0.25, -0.2) is 0 Å². The zero-order valence-corrected chi connectivity index (χ0v) is 18.9. The van der Waals surface area contributed by atoms with Gasteiger partial charge in [0.2, 0.25) is 0 Å². The molecular weight excluding hydrogens is 436 g/mol. The number of hydrogen-bond acceptors (Lipinski definition) is 0. The number of benzene rings is 2. The van der Waals surface area contributed by atoms with Crippen molar-refractivity contribution in [2.24, 2.45) is 11.8 Å². The molecule has 1 unspecified atom stereocenters. The molecule has 25 heavy (non-hydrogen) atoms. The molecule has 0 heterocycles. The van der Waals surface area contributed by atoms with Crippen LogP contribution < -0.4 is 0 Å². The second kappa shape index (κ2) is 7.96. The Morgan fingerprint density at radius 2 is 1.56 bits per heavy atom. The van der Waals surface area contributed by atoms with Crippen LogP contribution in [0.3, 0.4) is 0 Å². The summed E-state index contributed by atoms with van der Waals surface area (Å²) in [7, 11) is 0. The first-order valence-electron chi connectivity index (χ1n) is 9.49. The van der Waals surface area contributed by atoms with Crippen molar-refractivity contribution in [1.82, 2.24) is 0 Å². The standard InChI is InChI=1S/C23H28Br2/c1-14(2)5-8-19-21-13-16(24)7-10-17(21)18-11-12-22(25)20(23(18)19)9-6-15(3)4/h7,10-15,19H,5-6,8-9H2,1-4H3. The Morgan fingerprint density at radius 3 is 2.24 bits per heavy atom. The third kappa shape index (κ3) is 4.06. The summed E-state index contributed by atoms with van der Waals surface area (Å²) in [5.74, 6) is 2.00. The van der Waals surface area contributed by atoms with Crippen LogP contribution in [0.25, 0.3) is 11.1 Å². The van der Waals surface area contributed by atoms with Crippen LogP contribution in [0, 0.1) is 11.8 Å². The Labute approximate surface area is 169 Å². The summed E-state index contributed by atoms with van der Waals surface area (Å²) in [5, 5.41) is 0. The third-order valence-corrected chi connectivity index (χ3v) is 6.57. The average Bonchev–Trinajstić information content (AvgIpc) is 2.84. The largest absolute Gasteiger partial charge is 0.0628 e. The highest BCUT2D eigenvalue weighted by Crippen LogP contribution is 2.51. The Hall–Kier alpha value is -0.600. The summed E-state index contributed by atoms with van der Waals surface area (Å²) in [5.41, 5.74) is 7.52. The second-order valence-corrected chi connectivity index (χ2v) is 9.95. The molecular formula is C23H28Br2. The van der Waals surface area contributed by atoms with Crippen molar-refractivity contribution in [1.29, 1.82) is 0 Å². The lowest BCUT2D eigenvalue weighted by molar-refractivity contribution is 0.528. The van der Waals surface area contributed by atoms with Crippen LogP contribution in [0.5, 0.6) is 0 Å². The van der Waals surface area contributed by atoms with Crippen molar-refractivity contribution in [3.63, 3.8) is 0 Å². The van der Waals surface area contributed by atoms with Crippen LogP contribution in [0.15, 0.2) is 39.3 Å². The number of rotatable bonds is 6. The highest BCUT2D eigenvalue weighted by Gasteiger charge is 2.31. The lowest BCUT2D eigenvalue weighted by Crippen LogP contribution is -2.05. The smallest absolute Gasteiger partial charge is 0.0210 e. The predicted molar refractivity (Wildman–Crippen MR) is 116 cm³/mol. The number of halogens is 2. The molecule has 0 bridgehead atoms. The molecule has 0 aliphatic heterocycles. The van der Waals surface area contributed by atoms with E-state index in [4.69, 9.17) is 0 Å². The summed E-state index contributed by atoms with van der Waals surface area (Å²) in [4.78, 5) is 0. The van der Waals surface area contributed by atoms with Crippen LogP contribution in [0.4, 0.5) is 0 Å².